The molecule has 2 N–H and O–H groups in total. The van der Waals surface area contributed by atoms with Crippen LogP contribution in [-0.2, 0) is 11.4 Å². The summed E-state index contributed by atoms with van der Waals surface area (Å²) in [6.07, 6.45) is 0. The predicted octanol–water partition coefficient (Wildman–Crippen LogP) is 3.71. The van der Waals surface area contributed by atoms with Crippen molar-refractivity contribution in [3.8, 4) is 5.75 Å². The van der Waals surface area contributed by atoms with Crippen molar-refractivity contribution in [2.45, 2.75) is 18.0 Å². The van der Waals surface area contributed by atoms with Crippen LogP contribution in [0.15, 0.2) is 48.5 Å². The number of rotatable bonds is 5. The molecule has 0 bridgehead atoms. The summed E-state index contributed by atoms with van der Waals surface area (Å²) < 4.78 is 5.93. The van der Waals surface area contributed by atoms with Crippen LogP contribution in [-0.4, -0.2) is 22.9 Å². The van der Waals surface area contributed by atoms with Gasteiger partial charge in [-0.1, -0.05) is 48.0 Å². The van der Waals surface area contributed by atoms with Crippen molar-refractivity contribution in [3.63, 3.8) is 0 Å². The van der Waals surface area contributed by atoms with E-state index in [2.05, 4.69) is 5.32 Å². The van der Waals surface area contributed by atoms with Gasteiger partial charge in [0.15, 0.2) is 0 Å². The number of aliphatic carboxylic acids is 1. The second-order valence-corrected chi connectivity index (χ2v) is 6.73. The monoisotopic (exact) mass is 349 g/mol. The molecule has 0 spiro atoms. The number of halogens is 1. The number of carboxylic acids is 1. The van der Waals surface area contributed by atoms with E-state index in [4.69, 9.17) is 21.4 Å². The highest BCUT2D eigenvalue weighted by Gasteiger charge is 2.31. The molecule has 2 atom stereocenters. The molecule has 2 aromatic rings. The van der Waals surface area contributed by atoms with E-state index in [0.717, 1.165) is 16.9 Å². The first-order valence-electron chi connectivity index (χ1n) is 7.21. The van der Waals surface area contributed by atoms with E-state index in [0.29, 0.717) is 17.4 Å². The van der Waals surface area contributed by atoms with Crippen LogP contribution in [0.3, 0.4) is 0 Å². The summed E-state index contributed by atoms with van der Waals surface area (Å²) in [5.74, 6) is 0.455. The summed E-state index contributed by atoms with van der Waals surface area (Å²) >= 11 is 7.72. The molecule has 3 rings (SSSR count). The molecule has 1 saturated heterocycles. The van der Waals surface area contributed by atoms with Crippen LogP contribution in [0.25, 0.3) is 0 Å². The normalized spacial score (nSPS) is 20.4. The zero-order valence-corrected chi connectivity index (χ0v) is 13.8. The van der Waals surface area contributed by atoms with Crippen LogP contribution in [0.5, 0.6) is 5.75 Å². The Morgan fingerprint density at radius 1 is 1.26 bits per heavy atom. The summed E-state index contributed by atoms with van der Waals surface area (Å²) in [4.78, 5) is 11.1. The van der Waals surface area contributed by atoms with Gasteiger partial charge in [0.05, 0.1) is 5.37 Å². The van der Waals surface area contributed by atoms with E-state index in [-0.39, 0.29) is 5.37 Å². The van der Waals surface area contributed by atoms with Gasteiger partial charge >= 0.3 is 5.97 Å². The first-order valence-corrected chi connectivity index (χ1v) is 8.63. The highest BCUT2D eigenvalue weighted by Crippen LogP contribution is 2.38. The third kappa shape index (κ3) is 3.80. The summed E-state index contributed by atoms with van der Waals surface area (Å²) in [6, 6.07) is 14.7. The standard InChI is InChI=1S/C17H16ClNO3S/c18-13-7-3-1-5-11(13)9-22-15-8-4-2-6-12(15)16-19-14(10-23-16)17(20)21/h1-8,14,16,19H,9-10H2,(H,20,21). The van der Waals surface area contributed by atoms with E-state index in [1.165, 1.54) is 0 Å². The molecule has 120 valence electrons. The number of para-hydroxylation sites is 1. The maximum atomic E-state index is 11.1. The van der Waals surface area contributed by atoms with Gasteiger partial charge in [0.2, 0.25) is 0 Å². The number of hydrogen-bond acceptors (Lipinski definition) is 4. The van der Waals surface area contributed by atoms with Crippen LogP contribution >= 0.6 is 23.4 Å². The number of nitrogens with one attached hydrogen (secondary N) is 1. The van der Waals surface area contributed by atoms with Crippen molar-refractivity contribution < 1.29 is 14.6 Å². The molecule has 0 radical (unpaired) electrons. The molecule has 0 aromatic heterocycles. The van der Waals surface area contributed by atoms with Crippen molar-refractivity contribution in [3.05, 3.63) is 64.7 Å². The van der Waals surface area contributed by atoms with Crippen LogP contribution in [0.2, 0.25) is 5.02 Å². The number of hydrogen-bond donors (Lipinski definition) is 2. The average Bonchev–Trinajstić information content (AvgIpc) is 3.04. The molecule has 1 aliphatic rings. The van der Waals surface area contributed by atoms with E-state index in [1.807, 2.05) is 48.5 Å². The van der Waals surface area contributed by atoms with E-state index < -0.39 is 12.0 Å². The molecule has 0 saturated carbocycles. The maximum Gasteiger partial charge on any atom is 0.321 e. The Hall–Kier alpha value is -1.69. The number of ether oxygens (including phenoxy) is 1. The van der Waals surface area contributed by atoms with Crippen LogP contribution in [0, 0.1) is 0 Å². The van der Waals surface area contributed by atoms with Gasteiger partial charge in [0.25, 0.3) is 0 Å². The highest BCUT2D eigenvalue weighted by atomic mass is 35.5. The largest absolute Gasteiger partial charge is 0.488 e. The Bertz CT molecular complexity index is 710. The lowest BCUT2D eigenvalue weighted by molar-refractivity contribution is -0.138. The quantitative estimate of drug-likeness (QED) is 0.861. The van der Waals surface area contributed by atoms with Gasteiger partial charge in [0.1, 0.15) is 18.4 Å². The molecule has 2 unspecified atom stereocenters. The number of carbonyl (C=O) groups is 1. The van der Waals surface area contributed by atoms with E-state index in [1.54, 1.807) is 11.8 Å². The molecular weight excluding hydrogens is 334 g/mol. The Morgan fingerprint density at radius 3 is 2.74 bits per heavy atom. The van der Waals surface area contributed by atoms with Crippen molar-refractivity contribution in [2.24, 2.45) is 0 Å². The van der Waals surface area contributed by atoms with Crippen LogP contribution in [0.1, 0.15) is 16.5 Å². The smallest absolute Gasteiger partial charge is 0.321 e. The molecule has 6 heteroatoms. The Kier molecular flexibility index (Phi) is 5.10. The fourth-order valence-electron chi connectivity index (χ4n) is 2.39. The molecular formula is C17H16ClNO3S. The predicted molar refractivity (Wildman–Crippen MR) is 92.0 cm³/mol. The lowest BCUT2D eigenvalue weighted by atomic mass is 10.2. The van der Waals surface area contributed by atoms with E-state index >= 15 is 0 Å². The number of thioether (sulfide) groups is 1. The summed E-state index contributed by atoms with van der Waals surface area (Å²) in [5.41, 5.74) is 1.87. The number of carboxylic acid groups (broad SMARTS) is 1. The molecule has 0 aliphatic carbocycles. The molecule has 1 fully saturated rings. The molecule has 1 aliphatic heterocycles. The maximum absolute atomic E-state index is 11.1. The van der Waals surface area contributed by atoms with Gasteiger partial charge in [-0.2, -0.15) is 0 Å². The van der Waals surface area contributed by atoms with Gasteiger partial charge in [-0.05, 0) is 12.1 Å². The summed E-state index contributed by atoms with van der Waals surface area (Å²) in [6.45, 7) is 0.371. The van der Waals surface area contributed by atoms with E-state index in [9.17, 15) is 4.79 Å². The highest BCUT2D eigenvalue weighted by molar-refractivity contribution is 7.99. The topological polar surface area (TPSA) is 58.6 Å². The third-order valence-electron chi connectivity index (χ3n) is 3.62. The fraction of sp³-hybridized carbons (Fsp3) is 0.235. The van der Waals surface area contributed by atoms with Gasteiger partial charge in [-0.3, -0.25) is 10.1 Å². The summed E-state index contributed by atoms with van der Waals surface area (Å²) in [5, 5.41) is 12.8. The van der Waals surface area contributed by atoms with Gasteiger partial charge in [0, 0.05) is 21.9 Å². The van der Waals surface area contributed by atoms with Crippen LogP contribution < -0.4 is 10.1 Å². The SMILES string of the molecule is O=C(O)C1CSC(c2ccccc2OCc2ccccc2Cl)N1. The zero-order chi connectivity index (χ0) is 16.2. The fourth-order valence-corrected chi connectivity index (χ4v) is 3.84. The zero-order valence-electron chi connectivity index (χ0n) is 12.2. The van der Waals surface area contributed by atoms with Gasteiger partial charge in [-0.15, -0.1) is 11.8 Å². The molecule has 4 nitrogen and oxygen atoms in total. The van der Waals surface area contributed by atoms with Crippen molar-refractivity contribution in [1.29, 1.82) is 0 Å². The first kappa shape index (κ1) is 16.2. The molecule has 1 heterocycles. The first-order chi connectivity index (χ1) is 11.1. The minimum atomic E-state index is -0.825. The minimum Gasteiger partial charge on any atom is -0.488 e. The third-order valence-corrected chi connectivity index (χ3v) is 5.24. The van der Waals surface area contributed by atoms with Gasteiger partial charge < -0.3 is 9.84 Å². The second kappa shape index (κ2) is 7.25. The van der Waals surface area contributed by atoms with Crippen LogP contribution in [0.4, 0.5) is 0 Å². The minimum absolute atomic E-state index is 0.0847. The lowest BCUT2D eigenvalue weighted by Crippen LogP contribution is -2.33. The Labute approximate surface area is 143 Å². The molecule has 23 heavy (non-hydrogen) atoms. The summed E-state index contributed by atoms with van der Waals surface area (Å²) in [7, 11) is 0. The van der Waals surface area contributed by atoms with Crippen molar-refractivity contribution in [2.75, 3.05) is 5.75 Å². The average molecular weight is 350 g/mol. The number of benzene rings is 2. The molecule has 0 amide bonds. The van der Waals surface area contributed by atoms with Crippen molar-refractivity contribution in [1.82, 2.24) is 5.32 Å². The van der Waals surface area contributed by atoms with Gasteiger partial charge in [-0.25, -0.2) is 0 Å². The Balaban J connectivity index is 1.74. The molecule has 2 aromatic carbocycles. The lowest BCUT2D eigenvalue weighted by Gasteiger charge is -2.17. The second-order valence-electron chi connectivity index (χ2n) is 5.19. The Morgan fingerprint density at radius 2 is 2.00 bits per heavy atom. The van der Waals surface area contributed by atoms with Crippen molar-refractivity contribution >= 4 is 29.3 Å².